The van der Waals surface area contributed by atoms with Crippen molar-refractivity contribution >= 4 is 50.7 Å². The number of hydrogen-bond acceptors (Lipinski definition) is 0. The first kappa shape index (κ1) is 14.1. The highest BCUT2D eigenvalue weighted by Gasteiger charge is 2.06. The van der Waals surface area contributed by atoms with Crippen LogP contribution >= 0.6 is 38.5 Å². The molecule has 0 nitrogen and oxygen atoms in total. The molecule has 0 atom stereocenters. The van der Waals surface area contributed by atoms with Crippen molar-refractivity contribution in [1.29, 1.82) is 0 Å². The van der Waals surface area contributed by atoms with Crippen molar-refractivity contribution in [3.63, 3.8) is 0 Å². The van der Waals surface area contributed by atoms with Gasteiger partial charge in [-0.15, -0.1) is 0 Å². The van der Waals surface area contributed by atoms with Gasteiger partial charge in [0.1, 0.15) is 0 Å². The van der Waals surface area contributed by atoms with Crippen molar-refractivity contribution in [2.45, 2.75) is 12.8 Å². The minimum absolute atomic E-state index is 1.08. The lowest BCUT2D eigenvalue weighted by Crippen LogP contribution is -1.83. The second-order valence-electron chi connectivity index (χ2n) is 4.83. The molecule has 100 valence electrons. The largest absolute Gasteiger partial charge is 0.0795 e. The number of fused-ring (bicyclic) bond motifs is 2. The molecule has 0 aromatic heterocycles. The molecule has 0 radical (unpaired) electrons. The molecule has 0 unspecified atom stereocenters. The predicted octanol–water partition coefficient (Wildman–Crippen LogP) is 5.88. The molecule has 2 aliphatic carbocycles. The summed E-state index contributed by atoms with van der Waals surface area (Å²) in [4.78, 5) is 0. The van der Waals surface area contributed by atoms with E-state index in [1.807, 2.05) is 0 Å². The van der Waals surface area contributed by atoms with E-state index < -0.39 is 0 Å². The minimum Gasteiger partial charge on any atom is -0.0795 e. The van der Waals surface area contributed by atoms with E-state index in [9.17, 15) is 0 Å². The molecule has 2 aromatic carbocycles. The van der Waals surface area contributed by atoms with Gasteiger partial charge in [-0.1, -0.05) is 64.5 Å². The van der Waals surface area contributed by atoms with Crippen LogP contribution in [0.3, 0.4) is 0 Å². The van der Waals surface area contributed by atoms with Crippen LogP contribution in [0.4, 0.5) is 0 Å². The Hall–Kier alpha value is -0.870. The summed E-state index contributed by atoms with van der Waals surface area (Å²) < 4.78 is 2.60. The number of halogens is 2. The quantitative estimate of drug-likeness (QED) is 0.452. The summed E-state index contributed by atoms with van der Waals surface area (Å²) in [6.07, 6.45) is 11.0. The molecule has 2 aliphatic rings. The molecule has 0 saturated heterocycles. The van der Waals surface area contributed by atoms with Crippen molar-refractivity contribution in [1.82, 2.24) is 0 Å². The van der Waals surface area contributed by atoms with Gasteiger partial charge in [-0.25, -0.2) is 0 Å². The zero-order valence-corrected chi connectivity index (χ0v) is 14.7. The summed E-state index contributed by atoms with van der Waals surface area (Å²) in [6, 6.07) is 12.8. The Morgan fingerprint density at radius 1 is 0.900 bits per heavy atom. The van der Waals surface area contributed by atoms with Gasteiger partial charge < -0.3 is 0 Å². The van der Waals surface area contributed by atoms with Gasteiger partial charge in [0.2, 0.25) is 0 Å². The van der Waals surface area contributed by atoms with Crippen LogP contribution in [0.2, 0.25) is 0 Å². The van der Waals surface area contributed by atoms with Gasteiger partial charge in [0.15, 0.2) is 0 Å². The molecule has 0 saturated carbocycles. The molecule has 0 heterocycles. The Balaban J connectivity index is 0.000000121. The summed E-state index contributed by atoms with van der Waals surface area (Å²) in [7, 11) is 0. The van der Waals surface area contributed by atoms with Crippen molar-refractivity contribution < 1.29 is 0 Å². The van der Waals surface area contributed by atoms with Crippen LogP contribution in [0.1, 0.15) is 22.3 Å². The summed E-state index contributed by atoms with van der Waals surface area (Å²) in [6.45, 7) is 0. The summed E-state index contributed by atoms with van der Waals surface area (Å²) >= 11 is 5.88. The van der Waals surface area contributed by atoms with E-state index in [0.717, 1.165) is 12.8 Å². The Morgan fingerprint density at radius 3 is 2.50 bits per heavy atom. The van der Waals surface area contributed by atoms with Crippen LogP contribution in [-0.2, 0) is 12.8 Å². The smallest absolute Gasteiger partial charge is 0.0216 e. The zero-order valence-electron chi connectivity index (χ0n) is 10.9. The van der Waals surface area contributed by atoms with E-state index in [1.165, 1.54) is 30.3 Å². The molecule has 0 aliphatic heterocycles. The lowest BCUT2D eigenvalue weighted by atomic mass is 10.1. The van der Waals surface area contributed by atoms with Crippen molar-refractivity contribution in [3.8, 4) is 0 Å². The third-order valence-corrected chi connectivity index (χ3v) is 5.22. The van der Waals surface area contributed by atoms with Crippen LogP contribution in [0.5, 0.6) is 0 Å². The van der Waals surface area contributed by atoms with E-state index in [-0.39, 0.29) is 0 Å². The second-order valence-corrected chi connectivity index (χ2v) is 6.85. The van der Waals surface area contributed by atoms with Gasteiger partial charge in [0.05, 0.1) is 0 Å². The molecular weight excluding hydrogens is 423 g/mol. The van der Waals surface area contributed by atoms with Crippen LogP contribution in [-0.4, -0.2) is 0 Å². The molecular formula is C18H14BrI. The number of benzene rings is 2. The van der Waals surface area contributed by atoms with Crippen molar-refractivity contribution in [3.05, 3.63) is 78.8 Å². The molecule has 2 heteroatoms. The van der Waals surface area contributed by atoms with Gasteiger partial charge in [-0.3, -0.25) is 0 Å². The summed E-state index contributed by atoms with van der Waals surface area (Å²) in [5.41, 5.74) is 5.66. The summed E-state index contributed by atoms with van der Waals surface area (Å²) in [5, 5.41) is 0. The molecule has 0 fully saturated rings. The van der Waals surface area contributed by atoms with Crippen LogP contribution in [0.15, 0.2) is 53.0 Å². The fourth-order valence-corrected chi connectivity index (χ4v) is 3.78. The Labute approximate surface area is 141 Å². The zero-order chi connectivity index (χ0) is 13.9. The molecule has 2 aromatic rings. The van der Waals surface area contributed by atoms with Gasteiger partial charge >= 0.3 is 0 Å². The monoisotopic (exact) mass is 436 g/mol. The SMILES string of the molecule is Brc1cccc2c1CC=C2.Ic1cccc2c1C=CC2. The van der Waals surface area contributed by atoms with E-state index in [4.69, 9.17) is 0 Å². The van der Waals surface area contributed by atoms with Crippen molar-refractivity contribution in [2.24, 2.45) is 0 Å². The fraction of sp³-hybridized carbons (Fsp3) is 0.111. The average molecular weight is 437 g/mol. The molecule has 0 amide bonds. The first-order valence-corrected chi connectivity index (χ1v) is 8.51. The highest BCUT2D eigenvalue weighted by atomic mass is 127. The van der Waals surface area contributed by atoms with Crippen LogP contribution < -0.4 is 0 Å². The lowest BCUT2D eigenvalue weighted by Gasteiger charge is -1.99. The lowest BCUT2D eigenvalue weighted by molar-refractivity contribution is 1.29. The van der Waals surface area contributed by atoms with Crippen LogP contribution in [0, 0.1) is 3.57 Å². The Kier molecular flexibility index (Phi) is 4.41. The predicted molar refractivity (Wildman–Crippen MR) is 98.8 cm³/mol. The minimum atomic E-state index is 1.08. The average Bonchev–Trinajstić information content (AvgIpc) is 3.08. The van der Waals surface area contributed by atoms with E-state index >= 15 is 0 Å². The fourth-order valence-electron chi connectivity index (χ4n) is 2.50. The number of rotatable bonds is 0. The summed E-state index contributed by atoms with van der Waals surface area (Å²) in [5.74, 6) is 0. The van der Waals surface area contributed by atoms with Gasteiger partial charge in [0.25, 0.3) is 0 Å². The van der Waals surface area contributed by atoms with E-state index in [0.29, 0.717) is 0 Å². The molecule has 4 rings (SSSR count). The molecule has 0 spiro atoms. The number of allylic oxidation sites excluding steroid dienone is 2. The maximum absolute atomic E-state index is 3.51. The van der Waals surface area contributed by atoms with Crippen molar-refractivity contribution in [2.75, 3.05) is 0 Å². The second kappa shape index (κ2) is 6.27. The molecule has 20 heavy (non-hydrogen) atoms. The highest BCUT2D eigenvalue weighted by Crippen LogP contribution is 2.26. The van der Waals surface area contributed by atoms with Gasteiger partial charge in [-0.05, 0) is 69.8 Å². The van der Waals surface area contributed by atoms with Gasteiger partial charge in [-0.2, -0.15) is 0 Å². The standard InChI is InChI=1S/C9H7Br.C9H7I/c2*10-9-6-2-4-7-3-1-5-8(7)9/h1-4,6H,5H2;1-2,4-6H,3H2. The van der Waals surface area contributed by atoms with E-state index in [2.05, 4.69) is 99.2 Å². The Bertz CT molecular complexity index is 699. The number of hydrogen-bond donors (Lipinski definition) is 0. The third-order valence-electron chi connectivity index (χ3n) is 3.54. The normalized spacial score (nSPS) is 13.7. The maximum atomic E-state index is 3.51. The van der Waals surface area contributed by atoms with Gasteiger partial charge in [0, 0.05) is 8.04 Å². The molecule has 0 N–H and O–H groups in total. The molecule has 0 bridgehead atoms. The Morgan fingerprint density at radius 2 is 1.70 bits per heavy atom. The van der Waals surface area contributed by atoms with E-state index in [1.54, 1.807) is 0 Å². The first-order valence-electron chi connectivity index (χ1n) is 6.63. The highest BCUT2D eigenvalue weighted by molar-refractivity contribution is 14.1. The third kappa shape index (κ3) is 2.91. The topological polar surface area (TPSA) is 0 Å². The van der Waals surface area contributed by atoms with Crippen LogP contribution in [0.25, 0.3) is 12.2 Å². The first-order chi connectivity index (χ1) is 9.75. The maximum Gasteiger partial charge on any atom is 0.0216 e.